The molecule has 6 N–H and O–H groups in total. The number of nitrogens with one attached hydrogen (secondary N) is 2. The number of hydrogen-bond donors (Lipinski definition) is 4. The predicted molar refractivity (Wildman–Crippen MR) is 112 cm³/mol. The maximum Gasteiger partial charge on any atom is 0.291 e. The number of carbonyl (C=O) groups is 1. The predicted octanol–water partition coefficient (Wildman–Crippen LogP) is 2.84. The first-order valence-electron chi connectivity index (χ1n) is 8.94. The molecule has 1 aromatic heterocycles. The van der Waals surface area contributed by atoms with E-state index in [4.69, 9.17) is 11.5 Å². The van der Waals surface area contributed by atoms with Crippen LogP contribution in [0.2, 0.25) is 0 Å². The minimum Gasteiger partial charge on any atom is -0.369 e. The van der Waals surface area contributed by atoms with Gasteiger partial charge in [-0.15, -0.1) is 5.10 Å². The number of fused-ring (bicyclic) bond motifs is 1. The Bertz CT molecular complexity index is 995. The van der Waals surface area contributed by atoms with Crippen LogP contribution < -0.4 is 16.8 Å². The number of nitrogens with two attached hydrogens (primary N) is 2. The lowest BCUT2D eigenvalue weighted by molar-refractivity contribution is 0.101. The lowest BCUT2D eigenvalue weighted by atomic mass is 10.0. The number of amides is 1. The van der Waals surface area contributed by atoms with E-state index in [9.17, 15) is 4.79 Å². The van der Waals surface area contributed by atoms with Crippen LogP contribution in [0.15, 0.2) is 58.7 Å². The monoisotopic (exact) mass is 377 g/mol. The smallest absolute Gasteiger partial charge is 0.291 e. The molecule has 3 rings (SSSR count). The number of guanidine groups is 1. The van der Waals surface area contributed by atoms with Crippen LogP contribution in [-0.2, 0) is 0 Å². The van der Waals surface area contributed by atoms with Crippen LogP contribution in [0, 0.1) is 5.92 Å². The first-order valence-corrected chi connectivity index (χ1v) is 8.94. The molecule has 0 spiro atoms. The van der Waals surface area contributed by atoms with Crippen LogP contribution in [0.4, 0.5) is 5.69 Å². The maximum absolute atomic E-state index is 12.5. The third-order valence-electron chi connectivity index (χ3n) is 3.97. The largest absolute Gasteiger partial charge is 0.369 e. The summed E-state index contributed by atoms with van der Waals surface area (Å²) in [6.45, 7) is 4.18. The Morgan fingerprint density at radius 1 is 1.11 bits per heavy atom. The summed E-state index contributed by atoms with van der Waals surface area (Å²) in [5.41, 5.74) is 14.6. The van der Waals surface area contributed by atoms with E-state index < -0.39 is 0 Å². The lowest BCUT2D eigenvalue weighted by Gasteiger charge is -2.09. The highest BCUT2D eigenvalue weighted by Gasteiger charge is 2.12. The van der Waals surface area contributed by atoms with Crippen LogP contribution in [-0.4, -0.2) is 27.5 Å². The summed E-state index contributed by atoms with van der Waals surface area (Å²) >= 11 is 0. The van der Waals surface area contributed by atoms with Gasteiger partial charge in [-0.2, -0.15) is 5.10 Å². The van der Waals surface area contributed by atoms with Gasteiger partial charge < -0.3 is 21.8 Å². The van der Waals surface area contributed by atoms with E-state index in [-0.39, 0.29) is 17.7 Å². The van der Waals surface area contributed by atoms with Gasteiger partial charge in [0, 0.05) is 5.69 Å². The molecule has 0 bridgehead atoms. The molecule has 0 atom stereocenters. The first kappa shape index (κ1) is 19.1. The number of carbonyl (C=O) groups excluding carboxylic acids is 1. The van der Waals surface area contributed by atoms with Crippen LogP contribution >= 0.6 is 0 Å². The van der Waals surface area contributed by atoms with Crippen LogP contribution in [0.3, 0.4) is 0 Å². The summed E-state index contributed by atoms with van der Waals surface area (Å²) in [6.07, 6.45) is 0.724. The molecule has 8 heteroatoms. The molecule has 8 nitrogen and oxygen atoms in total. The molecular weight excluding hydrogens is 354 g/mol. The van der Waals surface area contributed by atoms with E-state index >= 15 is 0 Å². The van der Waals surface area contributed by atoms with Gasteiger partial charge in [-0.05, 0) is 42.2 Å². The van der Waals surface area contributed by atoms with Crippen molar-refractivity contribution < 1.29 is 4.79 Å². The number of rotatable bonds is 6. The molecular formula is C20H23N7O. The van der Waals surface area contributed by atoms with Crippen molar-refractivity contribution in [3.05, 3.63) is 59.9 Å². The van der Waals surface area contributed by atoms with E-state index in [1.54, 1.807) is 12.1 Å². The quantitative estimate of drug-likeness (QED) is 0.298. The van der Waals surface area contributed by atoms with Crippen molar-refractivity contribution in [3.8, 4) is 0 Å². The molecule has 144 valence electrons. The van der Waals surface area contributed by atoms with Crippen LogP contribution in [0.5, 0.6) is 0 Å². The van der Waals surface area contributed by atoms with Gasteiger partial charge in [0.1, 0.15) is 0 Å². The highest BCUT2D eigenvalue weighted by Crippen LogP contribution is 2.16. The SMILES string of the molecule is CC(C)C/C(=N\N=C(N)N)c1ccc(NC(=O)c2nc3ccccc3[nH]2)cc1. The molecule has 0 unspecified atom stereocenters. The van der Waals surface area contributed by atoms with Crippen molar-refractivity contribution in [2.45, 2.75) is 20.3 Å². The van der Waals surface area contributed by atoms with Gasteiger partial charge in [0.25, 0.3) is 5.91 Å². The van der Waals surface area contributed by atoms with Gasteiger partial charge >= 0.3 is 0 Å². The summed E-state index contributed by atoms with van der Waals surface area (Å²) in [7, 11) is 0. The normalized spacial score (nSPS) is 11.6. The van der Waals surface area contributed by atoms with Crippen LogP contribution in [0.25, 0.3) is 11.0 Å². The van der Waals surface area contributed by atoms with Crippen molar-refractivity contribution in [1.29, 1.82) is 0 Å². The molecule has 28 heavy (non-hydrogen) atoms. The summed E-state index contributed by atoms with van der Waals surface area (Å²) in [4.78, 5) is 19.8. The number of aromatic amines is 1. The standard InChI is InChI=1S/C20H23N7O/c1-12(2)11-17(26-27-20(21)22)13-7-9-14(10-8-13)23-19(28)18-24-15-5-3-4-6-16(15)25-18/h3-10,12H,11H2,1-2H3,(H,23,28)(H,24,25)(H4,21,22,27)/b26-17+. The summed E-state index contributed by atoms with van der Waals surface area (Å²) < 4.78 is 0. The molecule has 0 radical (unpaired) electrons. The number of benzene rings is 2. The van der Waals surface area contributed by atoms with Crippen molar-refractivity contribution in [2.75, 3.05) is 5.32 Å². The molecule has 0 saturated heterocycles. The number of imidazole rings is 1. The Labute approximate surface area is 162 Å². The zero-order valence-corrected chi connectivity index (χ0v) is 15.8. The molecule has 1 amide bonds. The van der Waals surface area contributed by atoms with Gasteiger partial charge in [0.05, 0.1) is 16.7 Å². The summed E-state index contributed by atoms with van der Waals surface area (Å²) in [5, 5.41) is 10.7. The number of aromatic nitrogens is 2. The average Bonchev–Trinajstić information content (AvgIpc) is 3.10. The fourth-order valence-corrected chi connectivity index (χ4v) is 2.72. The third kappa shape index (κ3) is 4.73. The second kappa shape index (κ2) is 8.34. The van der Waals surface area contributed by atoms with E-state index in [1.807, 2.05) is 36.4 Å². The van der Waals surface area contributed by atoms with Crippen LogP contribution in [0.1, 0.15) is 36.5 Å². The van der Waals surface area contributed by atoms with Gasteiger partial charge in [0.2, 0.25) is 5.96 Å². The van der Waals surface area contributed by atoms with Gasteiger partial charge in [-0.25, -0.2) is 4.98 Å². The van der Waals surface area contributed by atoms with Crippen molar-refractivity contribution in [2.24, 2.45) is 27.6 Å². The topological polar surface area (TPSA) is 135 Å². The highest BCUT2D eigenvalue weighted by atomic mass is 16.2. The molecule has 0 saturated carbocycles. The number of anilines is 1. The second-order valence-electron chi connectivity index (χ2n) is 6.80. The minimum atomic E-state index is -0.305. The Balaban J connectivity index is 1.76. The number of para-hydroxylation sites is 2. The Morgan fingerprint density at radius 2 is 1.82 bits per heavy atom. The van der Waals surface area contributed by atoms with Crippen molar-refractivity contribution >= 4 is 34.3 Å². The minimum absolute atomic E-state index is 0.0871. The molecule has 0 aliphatic rings. The molecule has 3 aromatic rings. The van der Waals surface area contributed by atoms with E-state index in [1.165, 1.54) is 0 Å². The molecule has 0 aliphatic heterocycles. The van der Waals surface area contributed by atoms with E-state index in [0.717, 1.165) is 28.7 Å². The van der Waals surface area contributed by atoms with E-state index in [0.29, 0.717) is 11.6 Å². The highest BCUT2D eigenvalue weighted by molar-refractivity contribution is 6.04. The van der Waals surface area contributed by atoms with Crippen molar-refractivity contribution in [3.63, 3.8) is 0 Å². The molecule has 0 aliphatic carbocycles. The molecule has 1 heterocycles. The van der Waals surface area contributed by atoms with Gasteiger partial charge in [0.15, 0.2) is 5.82 Å². The van der Waals surface area contributed by atoms with Gasteiger partial charge in [-0.1, -0.05) is 38.1 Å². The zero-order valence-electron chi connectivity index (χ0n) is 15.8. The second-order valence-corrected chi connectivity index (χ2v) is 6.80. The first-order chi connectivity index (χ1) is 13.4. The zero-order chi connectivity index (χ0) is 20.1. The number of nitrogens with zero attached hydrogens (tertiary/aromatic N) is 3. The number of hydrogen-bond acceptors (Lipinski definition) is 4. The van der Waals surface area contributed by atoms with Gasteiger partial charge in [-0.3, -0.25) is 4.79 Å². The number of H-pyrrole nitrogens is 1. The Morgan fingerprint density at radius 3 is 2.46 bits per heavy atom. The van der Waals surface area contributed by atoms with E-state index in [2.05, 4.69) is 39.3 Å². The third-order valence-corrected chi connectivity index (χ3v) is 3.97. The van der Waals surface area contributed by atoms with Crippen molar-refractivity contribution in [1.82, 2.24) is 9.97 Å². The Kier molecular flexibility index (Phi) is 5.69. The fraction of sp³-hybridized carbons (Fsp3) is 0.200. The average molecular weight is 377 g/mol. The summed E-state index contributed by atoms with van der Waals surface area (Å²) in [5.74, 6) is 0.261. The fourth-order valence-electron chi connectivity index (χ4n) is 2.72. The molecule has 2 aromatic carbocycles. The molecule has 0 fully saturated rings. The summed E-state index contributed by atoms with van der Waals surface area (Å²) in [6, 6.07) is 14.9. The maximum atomic E-state index is 12.5. The Hall–Kier alpha value is -3.68. The lowest BCUT2D eigenvalue weighted by Crippen LogP contribution is -2.22.